The van der Waals surface area contributed by atoms with Crippen LogP contribution < -0.4 is 10.5 Å². The molecule has 0 aromatic heterocycles. The van der Waals surface area contributed by atoms with Crippen LogP contribution >= 0.6 is 11.6 Å². The third-order valence-corrected chi connectivity index (χ3v) is 3.70. The molecule has 1 rings (SSSR count). The molecule has 0 heterocycles. The van der Waals surface area contributed by atoms with E-state index in [4.69, 9.17) is 22.4 Å². The standard InChI is InChI=1S/C10H13ClN2O4S/c11-7-1-3-8(4-2-7)13-18(16,17)6-5-9(12)10(14)15/h1-4,9,13H,5-6,12H2,(H,14,15). The smallest absolute Gasteiger partial charge is 0.320 e. The molecule has 0 amide bonds. The number of rotatable bonds is 6. The van der Waals surface area contributed by atoms with E-state index in [2.05, 4.69) is 4.72 Å². The lowest BCUT2D eigenvalue weighted by atomic mass is 10.2. The quantitative estimate of drug-likeness (QED) is 0.721. The highest BCUT2D eigenvalue weighted by Gasteiger charge is 2.17. The average molecular weight is 293 g/mol. The predicted molar refractivity (Wildman–Crippen MR) is 69.1 cm³/mol. The van der Waals surface area contributed by atoms with Crippen molar-refractivity contribution < 1.29 is 18.3 Å². The van der Waals surface area contributed by atoms with Crippen LogP contribution in [0.15, 0.2) is 24.3 Å². The van der Waals surface area contributed by atoms with E-state index in [0.717, 1.165) is 0 Å². The Morgan fingerprint density at radius 3 is 2.44 bits per heavy atom. The van der Waals surface area contributed by atoms with Gasteiger partial charge in [-0.3, -0.25) is 9.52 Å². The Morgan fingerprint density at radius 2 is 1.94 bits per heavy atom. The maximum Gasteiger partial charge on any atom is 0.320 e. The summed E-state index contributed by atoms with van der Waals surface area (Å²) in [5.41, 5.74) is 5.59. The zero-order valence-corrected chi connectivity index (χ0v) is 10.9. The Balaban J connectivity index is 2.60. The van der Waals surface area contributed by atoms with Crippen molar-refractivity contribution in [3.05, 3.63) is 29.3 Å². The van der Waals surface area contributed by atoms with Gasteiger partial charge in [-0.1, -0.05) is 11.6 Å². The largest absolute Gasteiger partial charge is 0.480 e. The number of benzene rings is 1. The van der Waals surface area contributed by atoms with Crippen molar-refractivity contribution in [2.24, 2.45) is 5.73 Å². The number of sulfonamides is 1. The number of anilines is 1. The van der Waals surface area contributed by atoms with Crippen LogP contribution in [0, 0.1) is 0 Å². The van der Waals surface area contributed by atoms with Gasteiger partial charge in [0.25, 0.3) is 0 Å². The molecular formula is C10H13ClN2O4S. The Bertz CT molecular complexity index is 515. The molecule has 18 heavy (non-hydrogen) atoms. The summed E-state index contributed by atoms with van der Waals surface area (Å²) in [5.74, 6) is -1.58. The molecule has 0 spiro atoms. The van der Waals surface area contributed by atoms with Crippen LogP contribution in [0.3, 0.4) is 0 Å². The maximum atomic E-state index is 11.6. The molecule has 0 aliphatic carbocycles. The van der Waals surface area contributed by atoms with Crippen molar-refractivity contribution in [3.8, 4) is 0 Å². The van der Waals surface area contributed by atoms with Crippen molar-refractivity contribution in [2.75, 3.05) is 10.5 Å². The molecule has 100 valence electrons. The molecule has 0 aliphatic heterocycles. The highest BCUT2D eigenvalue weighted by Crippen LogP contribution is 2.15. The van der Waals surface area contributed by atoms with E-state index in [9.17, 15) is 13.2 Å². The van der Waals surface area contributed by atoms with E-state index in [1.54, 1.807) is 12.1 Å². The van der Waals surface area contributed by atoms with Gasteiger partial charge in [0.15, 0.2) is 0 Å². The lowest BCUT2D eigenvalue weighted by Gasteiger charge is -2.09. The lowest BCUT2D eigenvalue weighted by Crippen LogP contribution is -2.33. The highest BCUT2D eigenvalue weighted by molar-refractivity contribution is 7.92. The van der Waals surface area contributed by atoms with Gasteiger partial charge in [0.05, 0.1) is 5.75 Å². The fourth-order valence-electron chi connectivity index (χ4n) is 1.15. The molecule has 1 aromatic carbocycles. The van der Waals surface area contributed by atoms with Gasteiger partial charge in [-0.2, -0.15) is 0 Å². The number of hydrogen-bond acceptors (Lipinski definition) is 4. The summed E-state index contributed by atoms with van der Waals surface area (Å²) in [6, 6.07) is 4.92. The predicted octanol–water partition coefficient (Wildman–Crippen LogP) is 0.884. The summed E-state index contributed by atoms with van der Waals surface area (Å²) in [6.45, 7) is 0. The lowest BCUT2D eigenvalue weighted by molar-refractivity contribution is -0.138. The van der Waals surface area contributed by atoms with Crippen molar-refractivity contribution in [2.45, 2.75) is 12.5 Å². The van der Waals surface area contributed by atoms with Gasteiger partial charge in [0, 0.05) is 10.7 Å². The molecule has 0 radical (unpaired) electrons. The summed E-state index contributed by atoms with van der Waals surface area (Å²) in [6.07, 6.45) is -0.155. The number of carboxylic acid groups (broad SMARTS) is 1. The fraction of sp³-hybridized carbons (Fsp3) is 0.300. The zero-order chi connectivity index (χ0) is 13.8. The topological polar surface area (TPSA) is 109 Å². The van der Waals surface area contributed by atoms with Gasteiger partial charge in [-0.25, -0.2) is 8.42 Å². The summed E-state index contributed by atoms with van der Waals surface area (Å²) < 4.78 is 25.5. The summed E-state index contributed by atoms with van der Waals surface area (Å²) in [7, 11) is -3.61. The number of aliphatic carboxylic acids is 1. The van der Waals surface area contributed by atoms with Crippen LogP contribution in [0.1, 0.15) is 6.42 Å². The van der Waals surface area contributed by atoms with Crippen LogP contribution in [0.4, 0.5) is 5.69 Å². The molecule has 0 fully saturated rings. The van der Waals surface area contributed by atoms with Crippen molar-refractivity contribution in [1.29, 1.82) is 0 Å². The Kier molecular flexibility index (Phi) is 4.94. The number of carbonyl (C=O) groups is 1. The normalized spacial score (nSPS) is 13.0. The number of hydrogen-bond donors (Lipinski definition) is 3. The second kappa shape index (κ2) is 6.03. The minimum absolute atomic E-state index is 0.155. The van der Waals surface area contributed by atoms with E-state index < -0.39 is 22.0 Å². The third-order valence-electron chi connectivity index (χ3n) is 2.13. The van der Waals surface area contributed by atoms with Crippen LogP contribution in [0.5, 0.6) is 0 Å². The molecule has 0 aliphatic rings. The molecule has 1 atom stereocenters. The molecular weight excluding hydrogens is 280 g/mol. The molecule has 0 saturated carbocycles. The molecule has 1 unspecified atom stereocenters. The van der Waals surface area contributed by atoms with Gasteiger partial charge >= 0.3 is 5.97 Å². The first kappa shape index (κ1) is 14.7. The van der Waals surface area contributed by atoms with Gasteiger partial charge in [0.2, 0.25) is 10.0 Å². The second-order valence-electron chi connectivity index (χ2n) is 3.66. The molecule has 4 N–H and O–H groups in total. The van der Waals surface area contributed by atoms with Crippen LogP contribution in [-0.4, -0.2) is 31.3 Å². The fourth-order valence-corrected chi connectivity index (χ4v) is 2.44. The van der Waals surface area contributed by atoms with Crippen LogP contribution in [0.25, 0.3) is 0 Å². The van der Waals surface area contributed by atoms with E-state index in [0.29, 0.717) is 10.7 Å². The first-order valence-corrected chi connectivity index (χ1v) is 7.07. The number of nitrogens with two attached hydrogens (primary N) is 1. The number of halogens is 1. The van der Waals surface area contributed by atoms with E-state index in [1.807, 2.05) is 0 Å². The SMILES string of the molecule is NC(CCS(=O)(=O)Nc1ccc(Cl)cc1)C(=O)O. The molecule has 6 nitrogen and oxygen atoms in total. The summed E-state index contributed by atoms with van der Waals surface area (Å²) >= 11 is 5.66. The molecule has 8 heteroatoms. The Morgan fingerprint density at radius 1 is 1.39 bits per heavy atom. The van der Waals surface area contributed by atoms with Gasteiger partial charge in [-0.15, -0.1) is 0 Å². The average Bonchev–Trinajstić information content (AvgIpc) is 2.29. The first-order chi connectivity index (χ1) is 8.30. The van der Waals surface area contributed by atoms with Crippen LogP contribution in [0.2, 0.25) is 5.02 Å². The molecule has 1 aromatic rings. The number of carboxylic acids is 1. The Labute approximate surface area is 110 Å². The monoisotopic (exact) mass is 292 g/mol. The summed E-state index contributed by atoms with van der Waals surface area (Å²) in [5, 5.41) is 9.04. The van der Waals surface area contributed by atoms with E-state index in [1.165, 1.54) is 12.1 Å². The van der Waals surface area contributed by atoms with Gasteiger partial charge in [0.1, 0.15) is 6.04 Å². The highest BCUT2D eigenvalue weighted by atomic mass is 35.5. The summed E-state index contributed by atoms with van der Waals surface area (Å²) in [4.78, 5) is 10.5. The van der Waals surface area contributed by atoms with E-state index >= 15 is 0 Å². The molecule has 0 saturated heterocycles. The third kappa shape index (κ3) is 4.91. The first-order valence-electron chi connectivity index (χ1n) is 5.04. The zero-order valence-electron chi connectivity index (χ0n) is 9.34. The van der Waals surface area contributed by atoms with E-state index in [-0.39, 0.29) is 12.2 Å². The molecule has 0 bridgehead atoms. The van der Waals surface area contributed by atoms with Crippen molar-refractivity contribution in [1.82, 2.24) is 0 Å². The number of nitrogens with one attached hydrogen (secondary N) is 1. The maximum absolute atomic E-state index is 11.6. The van der Waals surface area contributed by atoms with Crippen molar-refractivity contribution >= 4 is 33.3 Å². The van der Waals surface area contributed by atoms with Gasteiger partial charge < -0.3 is 10.8 Å². The Hall–Kier alpha value is -1.31. The second-order valence-corrected chi connectivity index (χ2v) is 5.94. The van der Waals surface area contributed by atoms with Gasteiger partial charge in [-0.05, 0) is 30.7 Å². The minimum Gasteiger partial charge on any atom is -0.480 e. The van der Waals surface area contributed by atoms with Crippen LogP contribution in [-0.2, 0) is 14.8 Å². The minimum atomic E-state index is -3.61. The van der Waals surface area contributed by atoms with Crippen molar-refractivity contribution in [3.63, 3.8) is 0 Å².